The number of anilines is 1. The largest absolute Gasteiger partial charge is 0.337 e. The van der Waals surface area contributed by atoms with Crippen molar-refractivity contribution in [2.75, 3.05) is 36.5 Å². The lowest BCUT2D eigenvalue weighted by molar-refractivity contribution is -0.119. The molecule has 0 aromatic heterocycles. The van der Waals surface area contributed by atoms with Crippen LogP contribution in [0.1, 0.15) is 22.8 Å². The van der Waals surface area contributed by atoms with Gasteiger partial charge in [0.05, 0.1) is 0 Å². The van der Waals surface area contributed by atoms with E-state index < -0.39 is 0 Å². The molecule has 1 unspecified atom stereocenters. The first-order valence-corrected chi connectivity index (χ1v) is 8.67. The molecule has 7 heteroatoms. The zero-order chi connectivity index (χ0) is 16.1. The van der Waals surface area contributed by atoms with Crippen LogP contribution in [0.4, 0.5) is 5.69 Å². The van der Waals surface area contributed by atoms with Crippen molar-refractivity contribution >= 4 is 41.7 Å². The number of amides is 2. The van der Waals surface area contributed by atoms with Gasteiger partial charge in [-0.15, -0.1) is 12.4 Å². The van der Waals surface area contributed by atoms with Gasteiger partial charge in [-0.05, 0) is 24.6 Å². The molecular weight excluding hydrogens is 334 g/mol. The second kappa shape index (κ2) is 9.15. The van der Waals surface area contributed by atoms with E-state index in [2.05, 4.69) is 5.32 Å². The van der Waals surface area contributed by atoms with Gasteiger partial charge in [-0.3, -0.25) is 9.59 Å². The molecule has 128 valence electrons. The number of hydrogen-bond acceptors (Lipinski definition) is 4. The smallest absolute Gasteiger partial charge is 0.254 e. The molecule has 1 fully saturated rings. The molecule has 0 aliphatic carbocycles. The Bertz CT molecular complexity index is 562. The Morgan fingerprint density at radius 3 is 2.61 bits per heavy atom. The van der Waals surface area contributed by atoms with Crippen molar-refractivity contribution in [1.29, 1.82) is 0 Å². The summed E-state index contributed by atoms with van der Waals surface area (Å²) in [4.78, 5) is 26.5. The van der Waals surface area contributed by atoms with Crippen molar-refractivity contribution in [3.8, 4) is 0 Å². The van der Waals surface area contributed by atoms with Crippen molar-refractivity contribution in [3.05, 3.63) is 29.3 Å². The zero-order valence-electron chi connectivity index (χ0n) is 13.5. The molecule has 0 spiro atoms. The predicted molar refractivity (Wildman–Crippen MR) is 98.5 cm³/mol. The molecule has 1 aromatic carbocycles. The van der Waals surface area contributed by atoms with Crippen LogP contribution in [0.25, 0.3) is 0 Å². The molecule has 1 aliphatic rings. The third-order valence-electron chi connectivity index (χ3n) is 3.92. The highest BCUT2D eigenvalue weighted by molar-refractivity contribution is 7.99. The Labute approximate surface area is 147 Å². The maximum Gasteiger partial charge on any atom is 0.254 e. The number of nitrogens with zero attached hydrogens (tertiary/aromatic N) is 1. The van der Waals surface area contributed by atoms with Crippen LogP contribution >= 0.6 is 24.2 Å². The molecule has 1 aromatic rings. The van der Waals surface area contributed by atoms with Crippen LogP contribution in [0, 0.1) is 12.8 Å². The van der Waals surface area contributed by atoms with E-state index in [-0.39, 0.29) is 30.1 Å². The van der Waals surface area contributed by atoms with Gasteiger partial charge in [0.15, 0.2) is 0 Å². The maximum atomic E-state index is 12.6. The fraction of sp³-hybridized carbons (Fsp3) is 0.500. The Hall–Kier alpha value is -1.24. The molecular formula is C16H24ClN3O2S. The summed E-state index contributed by atoms with van der Waals surface area (Å²) >= 11 is 1.87. The summed E-state index contributed by atoms with van der Waals surface area (Å²) in [7, 11) is 0. The first-order chi connectivity index (χ1) is 10.5. The van der Waals surface area contributed by atoms with Crippen LogP contribution in [0.2, 0.25) is 0 Å². The Morgan fingerprint density at radius 2 is 2.00 bits per heavy atom. The van der Waals surface area contributed by atoms with Gasteiger partial charge in [0.2, 0.25) is 5.91 Å². The van der Waals surface area contributed by atoms with Gasteiger partial charge in [-0.1, -0.05) is 13.0 Å². The van der Waals surface area contributed by atoms with Crippen LogP contribution in [0.5, 0.6) is 0 Å². The second-order valence-corrected chi connectivity index (χ2v) is 6.73. The summed E-state index contributed by atoms with van der Waals surface area (Å²) < 4.78 is 0. The summed E-state index contributed by atoms with van der Waals surface area (Å²) in [5, 5.41) is 2.87. The summed E-state index contributed by atoms with van der Waals surface area (Å²) in [5.74, 6) is 1.63. The highest BCUT2D eigenvalue weighted by atomic mass is 35.5. The van der Waals surface area contributed by atoms with E-state index in [1.807, 2.05) is 41.8 Å². The normalized spacial score (nSPS) is 15.5. The number of nitrogens with two attached hydrogens (primary N) is 1. The highest BCUT2D eigenvalue weighted by Gasteiger charge is 2.21. The first-order valence-electron chi connectivity index (χ1n) is 7.52. The van der Waals surface area contributed by atoms with E-state index in [0.29, 0.717) is 17.8 Å². The van der Waals surface area contributed by atoms with E-state index in [0.717, 1.165) is 30.2 Å². The third-order valence-corrected chi connectivity index (χ3v) is 4.86. The molecule has 0 radical (unpaired) electrons. The zero-order valence-corrected chi connectivity index (χ0v) is 15.1. The van der Waals surface area contributed by atoms with Crippen LogP contribution < -0.4 is 11.1 Å². The average Bonchev–Trinajstić information content (AvgIpc) is 2.56. The average molecular weight is 358 g/mol. The maximum absolute atomic E-state index is 12.6. The number of carbonyl (C=O) groups is 2. The molecule has 2 amide bonds. The number of rotatable bonds is 4. The number of benzene rings is 1. The van der Waals surface area contributed by atoms with Gasteiger partial charge in [0, 0.05) is 48.3 Å². The van der Waals surface area contributed by atoms with E-state index >= 15 is 0 Å². The van der Waals surface area contributed by atoms with Gasteiger partial charge in [-0.25, -0.2) is 0 Å². The number of halogens is 1. The number of nitrogens with one attached hydrogen (secondary N) is 1. The standard InChI is InChI=1S/C16H23N3O2S.ClH/c1-11(10-17)15(20)18-14-5-3-4-13(12(14)2)16(21)19-6-8-22-9-7-19;/h3-5,11H,6-10,17H2,1-2H3,(H,18,20);1H. The van der Waals surface area contributed by atoms with Crippen molar-refractivity contribution in [1.82, 2.24) is 4.90 Å². The fourth-order valence-electron chi connectivity index (χ4n) is 2.30. The van der Waals surface area contributed by atoms with Gasteiger partial charge < -0.3 is 16.0 Å². The van der Waals surface area contributed by atoms with Crippen molar-refractivity contribution in [2.45, 2.75) is 13.8 Å². The molecule has 3 N–H and O–H groups in total. The molecule has 1 saturated heterocycles. The quantitative estimate of drug-likeness (QED) is 0.865. The van der Waals surface area contributed by atoms with Crippen LogP contribution in [-0.4, -0.2) is 47.9 Å². The van der Waals surface area contributed by atoms with Crippen LogP contribution in [-0.2, 0) is 4.79 Å². The minimum Gasteiger partial charge on any atom is -0.337 e. The van der Waals surface area contributed by atoms with Crippen molar-refractivity contribution in [3.63, 3.8) is 0 Å². The number of thioether (sulfide) groups is 1. The third kappa shape index (κ3) is 4.86. The van der Waals surface area contributed by atoms with Crippen LogP contribution in [0.3, 0.4) is 0 Å². The predicted octanol–water partition coefficient (Wildman–Crippen LogP) is 2.14. The summed E-state index contributed by atoms with van der Waals surface area (Å²) in [6.45, 7) is 5.52. The van der Waals surface area contributed by atoms with E-state index in [9.17, 15) is 9.59 Å². The Morgan fingerprint density at radius 1 is 1.35 bits per heavy atom. The molecule has 1 atom stereocenters. The van der Waals surface area contributed by atoms with E-state index in [4.69, 9.17) is 5.73 Å². The van der Waals surface area contributed by atoms with Gasteiger partial charge in [-0.2, -0.15) is 11.8 Å². The lowest BCUT2D eigenvalue weighted by atomic mass is 10.0. The lowest BCUT2D eigenvalue weighted by Crippen LogP contribution is -2.38. The second-order valence-electron chi connectivity index (χ2n) is 5.51. The molecule has 0 bridgehead atoms. The molecule has 0 saturated carbocycles. The Balaban J connectivity index is 0.00000264. The Kier molecular flexibility index (Phi) is 7.88. The monoisotopic (exact) mass is 357 g/mol. The van der Waals surface area contributed by atoms with E-state index in [1.54, 1.807) is 6.92 Å². The molecule has 23 heavy (non-hydrogen) atoms. The van der Waals surface area contributed by atoms with Gasteiger partial charge in [0.1, 0.15) is 0 Å². The van der Waals surface area contributed by atoms with Crippen molar-refractivity contribution < 1.29 is 9.59 Å². The first kappa shape index (κ1) is 19.8. The topological polar surface area (TPSA) is 75.4 Å². The lowest BCUT2D eigenvalue weighted by Gasteiger charge is -2.27. The van der Waals surface area contributed by atoms with Crippen LogP contribution in [0.15, 0.2) is 18.2 Å². The fourth-order valence-corrected chi connectivity index (χ4v) is 3.21. The van der Waals surface area contributed by atoms with E-state index in [1.165, 1.54) is 0 Å². The summed E-state index contributed by atoms with van der Waals surface area (Å²) in [6.07, 6.45) is 0. The minimum atomic E-state index is -0.252. The molecule has 1 aliphatic heterocycles. The molecule has 2 rings (SSSR count). The highest BCUT2D eigenvalue weighted by Crippen LogP contribution is 2.22. The summed E-state index contributed by atoms with van der Waals surface area (Å²) in [6, 6.07) is 5.45. The SMILES string of the molecule is Cc1c(NC(=O)C(C)CN)cccc1C(=O)N1CCSCC1.Cl. The number of carbonyl (C=O) groups excluding carboxylic acids is 2. The van der Waals surface area contributed by atoms with Gasteiger partial charge >= 0.3 is 0 Å². The van der Waals surface area contributed by atoms with Crippen molar-refractivity contribution in [2.24, 2.45) is 11.7 Å². The minimum absolute atomic E-state index is 0. The summed E-state index contributed by atoms with van der Waals surface area (Å²) in [5.41, 5.74) is 7.67. The molecule has 5 nitrogen and oxygen atoms in total. The molecule has 1 heterocycles. The van der Waals surface area contributed by atoms with Gasteiger partial charge in [0.25, 0.3) is 5.91 Å². The number of hydrogen-bond donors (Lipinski definition) is 2.